The van der Waals surface area contributed by atoms with Crippen molar-refractivity contribution in [3.05, 3.63) is 83.1 Å². The van der Waals surface area contributed by atoms with E-state index >= 15 is 0 Å². The molecule has 5 nitrogen and oxygen atoms in total. The lowest BCUT2D eigenvalue weighted by Gasteiger charge is -2.11. The summed E-state index contributed by atoms with van der Waals surface area (Å²) in [5, 5.41) is 2.68. The number of halogens is 5. The number of Topliss-reactive ketones (excluding diaryl/α,β-unsaturated/α-hetero) is 1. The normalized spacial score (nSPS) is 13.4. The highest BCUT2D eigenvalue weighted by atomic mass is 19.4. The van der Waals surface area contributed by atoms with Gasteiger partial charge in [0.05, 0.1) is 5.56 Å². The molecule has 1 aliphatic carbocycles. The van der Waals surface area contributed by atoms with Gasteiger partial charge in [0.25, 0.3) is 0 Å². The van der Waals surface area contributed by atoms with Gasteiger partial charge in [0.2, 0.25) is 5.91 Å². The maximum atomic E-state index is 14.6. The van der Waals surface area contributed by atoms with Crippen molar-refractivity contribution in [1.29, 1.82) is 0 Å². The van der Waals surface area contributed by atoms with E-state index in [9.17, 15) is 31.5 Å². The van der Waals surface area contributed by atoms with E-state index in [1.807, 2.05) is 0 Å². The fourth-order valence-corrected chi connectivity index (χ4v) is 3.36. The first-order chi connectivity index (χ1) is 16.6. The molecule has 0 aliphatic heterocycles. The highest BCUT2D eigenvalue weighted by Gasteiger charge is 2.31. The average molecular weight is 490 g/mol. The predicted molar refractivity (Wildman–Crippen MR) is 116 cm³/mol. The van der Waals surface area contributed by atoms with Crippen LogP contribution >= 0.6 is 0 Å². The number of pyridine rings is 1. The summed E-state index contributed by atoms with van der Waals surface area (Å²) in [7, 11) is 0. The summed E-state index contributed by atoms with van der Waals surface area (Å²) in [6.07, 6.45) is -2.62. The SMILES string of the molecule is O=C(Cc1ccc(Oc2ccnc(NC(=O)C3CC3)c2)cc1F)Cc1cc(C(F)(F)F)ccc1F. The van der Waals surface area contributed by atoms with Gasteiger partial charge >= 0.3 is 6.18 Å². The Kier molecular flexibility index (Phi) is 6.81. The van der Waals surface area contributed by atoms with Gasteiger partial charge in [-0.1, -0.05) is 6.07 Å². The monoisotopic (exact) mass is 490 g/mol. The number of nitrogens with one attached hydrogen (secondary N) is 1. The highest BCUT2D eigenvalue weighted by Crippen LogP contribution is 2.32. The summed E-state index contributed by atoms with van der Waals surface area (Å²) in [5.41, 5.74) is -1.49. The minimum absolute atomic E-state index is 0.00389. The van der Waals surface area contributed by atoms with E-state index in [2.05, 4.69) is 10.3 Å². The van der Waals surface area contributed by atoms with E-state index in [0.29, 0.717) is 29.8 Å². The number of alkyl halides is 3. The van der Waals surface area contributed by atoms with Crippen LogP contribution in [0.25, 0.3) is 0 Å². The molecule has 1 N–H and O–H groups in total. The van der Waals surface area contributed by atoms with Crippen molar-refractivity contribution in [2.24, 2.45) is 5.92 Å². The summed E-state index contributed by atoms with van der Waals surface area (Å²) < 4.78 is 72.6. The molecule has 0 saturated heterocycles. The van der Waals surface area contributed by atoms with E-state index in [1.165, 1.54) is 30.5 Å². The molecule has 1 fully saturated rings. The number of ether oxygens (including phenoxy) is 1. The number of benzene rings is 2. The predicted octanol–water partition coefficient (Wildman–Crippen LogP) is 5.87. The van der Waals surface area contributed by atoms with Crippen LogP contribution in [0.1, 0.15) is 29.5 Å². The summed E-state index contributed by atoms with van der Waals surface area (Å²) in [5.74, 6) is -1.78. The highest BCUT2D eigenvalue weighted by molar-refractivity contribution is 5.93. The molecule has 3 aromatic rings. The molecule has 0 spiro atoms. The summed E-state index contributed by atoms with van der Waals surface area (Å²) >= 11 is 0. The number of ketones is 1. The lowest BCUT2D eigenvalue weighted by molar-refractivity contribution is -0.137. The maximum absolute atomic E-state index is 14.6. The number of nitrogens with zero attached hydrogens (tertiary/aromatic N) is 1. The van der Waals surface area contributed by atoms with E-state index in [1.54, 1.807) is 0 Å². The number of hydrogen-bond acceptors (Lipinski definition) is 4. The second-order valence-corrected chi connectivity index (χ2v) is 8.19. The largest absolute Gasteiger partial charge is 0.457 e. The first kappa shape index (κ1) is 24.3. The lowest BCUT2D eigenvalue weighted by Crippen LogP contribution is -2.14. The van der Waals surface area contributed by atoms with Gasteiger partial charge in [-0.25, -0.2) is 13.8 Å². The van der Waals surface area contributed by atoms with Crippen LogP contribution in [0.15, 0.2) is 54.7 Å². The molecule has 4 rings (SSSR count). The Labute approximate surface area is 196 Å². The molecule has 10 heteroatoms. The molecule has 2 aromatic carbocycles. The van der Waals surface area contributed by atoms with Crippen LogP contribution in [0.4, 0.5) is 27.8 Å². The zero-order valence-electron chi connectivity index (χ0n) is 18.2. The van der Waals surface area contributed by atoms with Gasteiger partial charge in [-0.05, 0) is 54.3 Å². The summed E-state index contributed by atoms with van der Waals surface area (Å²) in [4.78, 5) is 28.2. The van der Waals surface area contributed by atoms with Crippen molar-refractivity contribution in [1.82, 2.24) is 4.98 Å². The van der Waals surface area contributed by atoms with E-state index < -0.39 is 47.6 Å². The first-order valence-electron chi connectivity index (χ1n) is 10.7. The number of carbonyl (C=O) groups is 2. The van der Waals surface area contributed by atoms with Gasteiger partial charge < -0.3 is 10.1 Å². The molecule has 0 bridgehead atoms. The fraction of sp³-hybridized carbons (Fsp3) is 0.240. The molecular formula is C25H19F5N2O3. The summed E-state index contributed by atoms with van der Waals surface area (Å²) in [6.45, 7) is 0. The molecule has 0 radical (unpaired) electrons. The third kappa shape index (κ3) is 6.40. The Morgan fingerprint density at radius 2 is 1.63 bits per heavy atom. The standard InChI is InChI=1S/C25H19F5N2O3/c26-21-6-4-17(25(28,29)30)9-16(21)11-18(33)10-15-3-5-19(12-22(15)27)35-20-7-8-31-23(13-20)32-24(34)14-1-2-14/h3-9,12-14H,1-2,10-11H2,(H,31,32,34). The van der Waals surface area contributed by atoms with Gasteiger partial charge in [-0.3, -0.25) is 9.59 Å². The van der Waals surface area contributed by atoms with Crippen molar-refractivity contribution >= 4 is 17.5 Å². The molecule has 182 valence electrons. The van der Waals surface area contributed by atoms with Crippen LogP contribution in [-0.2, 0) is 28.6 Å². The number of aromatic nitrogens is 1. The smallest absolute Gasteiger partial charge is 0.416 e. The Morgan fingerprint density at radius 3 is 2.31 bits per heavy atom. The van der Waals surface area contributed by atoms with Gasteiger partial charge in [0.15, 0.2) is 0 Å². The van der Waals surface area contributed by atoms with Crippen molar-refractivity contribution in [3.8, 4) is 11.5 Å². The van der Waals surface area contributed by atoms with Crippen LogP contribution in [-0.4, -0.2) is 16.7 Å². The fourth-order valence-electron chi connectivity index (χ4n) is 3.36. The van der Waals surface area contributed by atoms with Gasteiger partial charge in [-0.2, -0.15) is 13.2 Å². The molecular weight excluding hydrogens is 471 g/mol. The quantitative estimate of drug-likeness (QED) is 0.401. The minimum atomic E-state index is -4.67. The molecule has 1 heterocycles. The van der Waals surface area contributed by atoms with Crippen molar-refractivity contribution in [3.63, 3.8) is 0 Å². The first-order valence-corrected chi connectivity index (χ1v) is 10.7. The van der Waals surface area contributed by atoms with E-state index in [-0.39, 0.29) is 23.1 Å². The van der Waals surface area contributed by atoms with Crippen LogP contribution in [0.2, 0.25) is 0 Å². The Balaban J connectivity index is 1.40. The Morgan fingerprint density at radius 1 is 0.914 bits per heavy atom. The zero-order valence-corrected chi connectivity index (χ0v) is 18.2. The second kappa shape index (κ2) is 9.81. The molecule has 1 aromatic heterocycles. The third-order valence-electron chi connectivity index (χ3n) is 5.34. The third-order valence-corrected chi connectivity index (χ3v) is 5.34. The van der Waals surface area contributed by atoms with Gasteiger partial charge in [0.1, 0.15) is 34.7 Å². The number of anilines is 1. The molecule has 0 unspecified atom stereocenters. The van der Waals surface area contributed by atoms with Crippen LogP contribution in [0.5, 0.6) is 11.5 Å². The van der Waals surface area contributed by atoms with Crippen LogP contribution in [0.3, 0.4) is 0 Å². The molecule has 35 heavy (non-hydrogen) atoms. The Bertz CT molecular complexity index is 1270. The van der Waals surface area contributed by atoms with Gasteiger partial charge in [-0.15, -0.1) is 0 Å². The molecule has 0 atom stereocenters. The van der Waals surface area contributed by atoms with E-state index in [0.717, 1.165) is 18.9 Å². The average Bonchev–Trinajstić information content (AvgIpc) is 3.62. The number of rotatable bonds is 8. The topological polar surface area (TPSA) is 68.3 Å². The molecule has 1 amide bonds. The molecule has 1 aliphatic rings. The number of amides is 1. The van der Waals surface area contributed by atoms with Crippen molar-refractivity contribution < 1.29 is 36.3 Å². The van der Waals surface area contributed by atoms with Crippen molar-refractivity contribution in [2.75, 3.05) is 5.32 Å². The van der Waals surface area contributed by atoms with Gasteiger partial charge in [0, 0.05) is 37.1 Å². The minimum Gasteiger partial charge on any atom is -0.457 e. The second-order valence-electron chi connectivity index (χ2n) is 8.19. The zero-order chi connectivity index (χ0) is 25.2. The maximum Gasteiger partial charge on any atom is 0.416 e. The number of hydrogen-bond donors (Lipinski definition) is 1. The lowest BCUT2D eigenvalue weighted by atomic mass is 10.00. The molecule has 1 saturated carbocycles. The van der Waals surface area contributed by atoms with E-state index in [4.69, 9.17) is 4.74 Å². The van der Waals surface area contributed by atoms with Crippen LogP contribution in [0, 0.1) is 17.6 Å². The van der Waals surface area contributed by atoms with Crippen LogP contribution < -0.4 is 10.1 Å². The Hall–Kier alpha value is -3.82. The number of carbonyl (C=O) groups excluding carboxylic acids is 2. The van der Waals surface area contributed by atoms with Crippen molar-refractivity contribution in [2.45, 2.75) is 31.9 Å². The summed E-state index contributed by atoms with van der Waals surface area (Å²) in [6, 6.07) is 8.61.